The molecule has 1 N–H and O–H groups in total. The molecule has 0 radical (unpaired) electrons. The minimum Gasteiger partial charge on any atom is -0.481 e. The molecule has 0 saturated heterocycles. The second-order valence-corrected chi connectivity index (χ2v) is 5.10. The summed E-state index contributed by atoms with van der Waals surface area (Å²) in [6.45, 7) is 2.14. The van der Waals surface area contributed by atoms with Crippen LogP contribution in [-0.4, -0.2) is 17.6 Å². The van der Waals surface area contributed by atoms with Crippen molar-refractivity contribution in [3.05, 3.63) is 65.9 Å². The molecule has 22 heavy (non-hydrogen) atoms. The first-order valence-electron chi connectivity index (χ1n) is 7.13. The summed E-state index contributed by atoms with van der Waals surface area (Å²) in [6, 6.07) is 17.3. The fourth-order valence-electron chi connectivity index (χ4n) is 2.31. The molecule has 0 saturated carbocycles. The number of nitrogens with one attached hydrogen (secondary N) is 1. The van der Waals surface area contributed by atoms with Crippen LogP contribution < -0.4 is 4.74 Å². The first-order valence-corrected chi connectivity index (χ1v) is 7.13. The summed E-state index contributed by atoms with van der Waals surface area (Å²) in [5.74, 6) is 0.298. The van der Waals surface area contributed by atoms with Crippen molar-refractivity contribution in [3.8, 4) is 5.75 Å². The Labute approximate surface area is 128 Å². The predicted octanol–water partition coefficient (Wildman–Crippen LogP) is 3.60. The van der Waals surface area contributed by atoms with Gasteiger partial charge in [0.05, 0.1) is 0 Å². The molecule has 0 unspecified atom stereocenters. The van der Waals surface area contributed by atoms with Gasteiger partial charge >= 0.3 is 5.97 Å². The molecule has 2 aromatic carbocycles. The summed E-state index contributed by atoms with van der Waals surface area (Å²) in [6.07, 6.45) is 0. The van der Waals surface area contributed by atoms with Crippen molar-refractivity contribution in [2.24, 2.45) is 0 Å². The van der Waals surface area contributed by atoms with Crippen molar-refractivity contribution in [2.75, 3.05) is 6.61 Å². The van der Waals surface area contributed by atoms with Crippen LogP contribution in [0, 0.1) is 6.92 Å². The molecule has 0 atom stereocenters. The number of aryl methyl sites for hydroxylation is 1. The highest BCUT2D eigenvalue weighted by molar-refractivity contribution is 5.87. The van der Waals surface area contributed by atoms with Gasteiger partial charge in [-0.2, -0.15) is 0 Å². The summed E-state index contributed by atoms with van der Waals surface area (Å²) in [7, 11) is 0. The van der Waals surface area contributed by atoms with Gasteiger partial charge in [-0.05, 0) is 30.7 Å². The fourth-order valence-corrected chi connectivity index (χ4v) is 2.31. The Morgan fingerprint density at radius 1 is 1.09 bits per heavy atom. The van der Waals surface area contributed by atoms with Crippen LogP contribution in [0.4, 0.5) is 0 Å². The summed E-state index contributed by atoms with van der Waals surface area (Å²) >= 11 is 0. The van der Waals surface area contributed by atoms with E-state index < -0.39 is 0 Å². The van der Waals surface area contributed by atoms with E-state index in [0.29, 0.717) is 5.75 Å². The number of H-pyrrole nitrogens is 1. The van der Waals surface area contributed by atoms with E-state index in [1.165, 1.54) is 0 Å². The average molecular weight is 295 g/mol. The lowest BCUT2D eigenvalue weighted by Gasteiger charge is -2.08. The summed E-state index contributed by atoms with van der Waals surface area (Å²) in [4.78, 5) is 15.0. The Hall–Kier alpha value is -2.75. The maximum atomic E-state index is 11.8. The van der Waals surface area contributed by atoms with Crippen molar-refractivity contribution >= 4 is 16.9 Å². The lowest BCUT2D eigenvalue weighted by Crippen LogP contribution is -2.14. The minimum absolute atomic E-state index is 0.101. The summed E-state index contributed by atoms with van der Waals surface area (Å²) in [5.41, 5.74) is 3.00. The van der Waals surface area contributed by atoms with Crippen LogP contribution in [0.5, 0.6) is 5.75 Å². The third-order valence-corrected chi connectivity index (χ3v) is 3.35. The second kappa shape index (κ2) is 6.35. The number of aromatic amines is 1. The van der Waals surface area contributed by atoms with Crippen LogP contribution in [-0.2, 0) is 16.1 Å². The molecule has 4 nitrogen and oxygen atoms in total. The Balaban J connectivity index is 1.58. The molecule has 0 fully saturated rings. The average Bonchev–Trinajstić information content (AvgIpc) is 2.92. The van der Waals surface area contributed by atoms with Crippen LogP contribution in [0.3, 0.4) is 0 Å². The third-order valence-electron chi connectivity index (χ3n) is 3.35. The number of benzene rings is 2. The first-order chi connectivity index (χ1) is 10.7. The van der Waals surface area contributed by atoms with Gasteiger partial charge in [0.25, 0.3) is 0 Å². The molecule has 1 aromatic heterocycles. The topological polar surface area (TPSA) is 51.3 Å². The van der Waals surface area contributed by atoms with E-state index in [9.17, 15) is 4.79 Å². The maximum absolute atomic E-state index is 11.8. The molecule has 112 valence electrons. The molecule has 1 heterocycles. The molecule has 4 heteroatoms. The van der Waals surface area contributed by atoms with Gasteiger partial charge in [-0.1, -0.05) is 36.4 Å². The van der Waals surface area contributed by atoms with E-state index in [1.54, 1.807) is 0 Å². The van der Waals surface area contributed by atoms with Gasteiger partial charge in [0, 0.05) is 16.6 Å². The first kappa shape index (κ1) is 14.2. The molecular formula is C18H17NO3. The quantitative estimate of drug-likeness (QED) is 0.732. The van der Waals surface area contributed by atoms with Crippen molar-refractivity contribution in [1.82, 2.24) is 4.98 Å². The Morgan fingerprint density at radius 3 is 2.73 bits per heavy atom. The molecule has 0 aliphatic heterocycles. The SMILES string of the molecule is Cc1cc2c(OCC(=O)OCc3ccccc3)cccc2[nH]1. The molecule has 0 spiro atoms. The minimum atomic E-state index is -0.381. The number of fused-ring (bicyclic) bond motifs is 1. The Morgan fingerprint density at radius 2 is 1.91 bits per heavy atom. The van der Waals surface area contributed by atoms with Gasteiger partial charge in [0.2, 0.25) is 0 Å². The van der Waals surface area contributed by atoms with Crippen molar-refractivity contribution in [2.45, 2.75) is 13.5 Å². The highest BCUT2D eigenvalue weighted by Gasteiger charge is 2.08. The van der Waals surface area contributed by atoms with Crippen LogP contribution in [0.15, 0.2) is 54.6 Å². The Bertz CT molecular complexity index is 777. The standard InChI is InChI=1S/C18H17NO3/c1-13-10-15-16(19-13)8-5-9-17(15)21-12-18(20)22-11-14-6-3-2-4-7-14/h2-10,19H,11-12H2,1H3. The van der Waals surface area contributed by atoms with Crippen LogP contribution in [0.25, 0.3) is 10.9 Å². The van der Waals surface area contributed by atoms with E-state index in [1.807, 2.05) is 61.5 Å². The predicted molar refractivity (Wildman–Crippen MR) is 84.8 cm³/mol. The number of rotatable bonds is 5. The van der Waals surface area contributed by atoms with Crippen molar-refractivity contribution in [3.63, 3.8) is 0 Å². The molecule has 3 aromatic rings. The molecular weight excluding hydrogens is 278 g/mol. The normalized spacial score (nSPS) is 10.6. The number of carbonyl (C=O) groups is 1. The van der Waals surface area contributed by atoms with E-state index >= 15 is 0 Å². The lowest BCUT2D eigenvalue weighted by atomic mass is 10.2. The zero-order valence-electron chi connectivity index (χ0n) is 12.3. The van der Waals surface area contributed by atoms with Crippen LogP contribution in [0.1, 0.15) is 11.3 Å². The van der Waals surface area contributed by atoms with Gasteiger partial charge in [0.1, 0.15) is 12.4 Å². The zero-order valence-corrected chi connectivity index (χ0v) is 12.3. The lowest BCUT2D eigenvalue weighted by molar-refractivity contribution is -0.147. The highest BCUT2D eigenvalue weighted by Crippen LogP contribution is 2.26. The van der Waals surface area contributed by atoms with Gasteiger partial charge in [-0.25, -0.2) is 4.79 Å². The van der Waals surface area contributed by atoms with E-state index in [-0.39, 0.29) is 19.2 Å². The molecule has 0 aliphatic carbocycles. The van der Waals surface area contributed by atoms with E-state index in [0.717, 1.165) is 22.2 Å². The van der Waals surface area contributed by atoms with Gasteiger partial charge in [0.15, 0.2) is 6.61 Å². The van der Waals surface area contributed by atoms with Crippen molar-refractivity contribution < 1.29 is 14.3 Å². The highest BCUT2D eigenvalue weighted by atomic mass is 16.6. The Kier molecular flexibility index (Phi) is 4.10. The molecule has 0 bridgehead atoms. The van der Waals surface area contributed by atoms with Crippen LogP contribution >= 0.6 is 0 Å². The third kappa shape index (κ3) is 3.28. The molecule has 0 amide bonds. The fraction of sp³-hybridized carbons (Fsp3) is 0.167. The molecule has 3 rings (SSSR count). The number of aromatic nitrogens is 1. The number of esters is 1. The van der Waals surface area contributed by atoms with Gasteiger partial charge < -0.3 is 14.5 Å². The molecule has 0 aliphatic rings. The van der Waals surface area contributed by atoms with Crippen LogP contribution in [0.2, 0.25) is 0 Å². The largest absolute Gasteiger partial charge is 0.481 e. The van der Waals surface area contributed by atoms with Gasteiger partial charge in [-0.3, -0.25) is 0 Å². The summed E-state index contributed by atoms with van der Waals surface area (Å²) < 4.78 is 10.8. The monoisotopic (exact) mass is 295 g/mol. The second-order valence-electron chi connectivity index (χ2n) is 5.10. The van der Waals surface area contributed by atoms with E-state index in [4.69, 9.17) is 9.47 Å². The smallest absolute Gasteiger partial charge is 0.344 e. The van der Waals surface area contributed by atoms with Gasteiger partial charge in [-0.15, -0.1) is 0 Å². The van der Waals surface area contributed by atoms with E-state index in [2.05, 4.69) is 4.98 Å². The van der Waals surface area contributed by atoms with Crippen molar-refractivity contribution in [1.29, 1.82) is 0 Å². The number of hydrogen-bond donors (Lipinski definition) is 1. The maximum Gasteiger partial charge on any atom is 0.344 e. The number of ether oxygens (including phenoxy) is 2. The summed E-state index contributed by atoms with van der Waals surface area (Å²) in [5, 5.41) is 0.968. The number of carbonyl (C=O) groups excluding carboxylic acids is 1. The number of hydrogen-bond acceptors (Lipinski definition) is 3. The zero-order chi connectivity index (χ0) is 15.4.